The summed E-state index contributed by atoms with van der Waals surface area (Å²) in [6.45, 7) is 9.02. The van der Waals surface area contributed by atoms with E-state index >= 15 is 0 Å². The number of benzene rings is 1. The molecule has 0 unspecified atom stereocenters. The van der Waals surface area contributed by atoms with Gasteiger partial charge in [0.1, 0.15) is 0 Å². The number of thiocarbonyl (C=S) groups is 1. The number of rotatable bonds is 10. The van der Waals surface area contributed by atoms with Crippen LogP contribution in [0.4, 0.5) is 0 Å². The summed E-state index contributed by atoms with van der Waals surface area (Å²) in [5.41, 5.74) is 2.02. The van der Waals surface area contributed by atoms with Crippen molar-refractivity contribution in [3.63, 3.8) is 0 Å². The van der Waals surface area contributed by atoms with E-state index in [0.717, 1.165) is 24.1 Å². The Morgan fingerprint density at radius 1 is 1.14 bits per heavy atom. The van der Waals surface area contributed by atoms with Crippen molar-refractivity contribution in [2.75, 3.05) is 19.8 Å². The number of nitrogens with one attached hydrogen (secondary N) is 2. The molecule has 0 bridgehead atoms. The Kier molecular flexibility index (Phi) is 9.04. The minimum absolute atomic E-state index is 0.285. The van der Waals surface area contributed by atoms with Crippen LogP contribution in [0.5, 0.6) is 11.5 Å². The fourth-order valence-corrected chi connectivity index (χ4v) is 3.64. The van der Waals surface area contributed by atoms with Gasteiger partial charge in [0.2, 0.25) is 0 Å². The molecule has 0 saturated heterocycles. The Labute approximate surface area is 182 Å². The number of halogens is 1. The zero-order valence-corrected chi connectivity index (χ0v) is 19.0. The summed E-state index contributed by atoms with van der Waals surface area (Å²) < 4.78 is 16.9. The molecule has 1 heterocycles. The van der Waals surface area contributed by atoms with Crippen LogP contribution in [0.15, 0.2) is 23.4 Å². The summed E-state index contributed by atoms with van der Waals surface area (Å²) in [5.74, 6) is 0.657. The van der Waals surface area contributed by atoms with Crippen molar-refractivity contribution < 1.29 is 19.0 Å². The van der Waals surface area contributed by atoms with Crippen LogP contribution in [0.2, 0.25) is 5.02 Å². The highest BCUT2D eigenvalue weighted by atomic mass is 35.5. The predicted octanol–water partition coefficient (Wildman–Crippen LogP) is 4.66. The molecule has 0 spiro atoms. The summed E-state index contributed by atoms with van der Waals surface area (Å²) >= 11 is 11.9. The Balaban J connectivity index is 2.57. The van der Waals surface area contributed by atoms with E-state index in [9.17, 15) is 4.79 Å². The van der Waals surface area contributed by atoms with E-state index in [2.05, 4.69) is 10.6 Å². The van der Waals surface area contributed by atoms with Crippen LogP contribution in [-0.2, 0) is 9.53 Å². The number of hydrogen-bond acceptors (Lipinski definition) is 5. The molecule has 0 saturated carbocycles. The van der Waals surface area contributed by atoms with Gasteiger partial charge in [0.25, 0.3) is 0 Å². The second kappa shape index (κ2) is 11.3. The molecule has 2 N–H and O–H groups in total. The average Bonchev–Trinajstić information content (AvgIpc) is 2.67. The second-order valence-corrected chi connectivity index (χ2v) is 7.32. The zero-order valence-electron chi connectivity index (χ0n) is 17.4. The minimum Gasteiger partial charge on any atom is -0.490 e. The van der Waals surface area contributed by atoms with Gasteiger partial charge in [-0.25, -0.2) is 4.79 Å². The van der Waals surface area contributed by atoms with E-state index in [4.69, 9.17) is 38.0 Å². The van der Waals surface area contributed by atoms with Crippen molar-refractivity contribution in [3.8, 4) is 11.5 Å². The lowest BCUT2D eigenvalue weighted by molar-refractivity contribution is -0.139. The van der Waals surface area contributed by atoms with E-state index in [1.165, 1.54) is 0 Å². The minimum atomic E-state index is -0.499. The molecule has 1 aliphatic heterocycles. The molecule has 0 fully saturated rings. The number of carbonyl (C=O) groups excluding carboxylic acids is 1. The summed E-state index contributed by atoms with van der Waals surface area (Å²) in [6.07, 6.45) is 2.38. The van der Waals surface area contributed by atoms with Crippen molar-refractivity contribution in [1.82, 2.24) is 10.6 Å². The summed E-state index contributed by atoms with van der Waals surface area (Å²) in [6, 6.07) is 3.12. The van der Waals surface area contributed by atoms with Crippen molar-refractivity contribution in [3.05, 3.63) is 34.0 Å². The van der Waals surface area contributed by atoms with Gasteiger partial charge in [-0.2, -0.15) is 0 Å². The van der Waals surface area contributed by atoms with Gasteiger partial charge in [-0.15, -0.1) is 0 Å². The molecule has 1 aromatic rings. The van der Waals surface area contributed by atoms with E-state index < -0.39 is 6.04 Å². The Bertz CT molecular complexity index is 782. The lowest BCUT2D eigenvalue weighted by atomic mass is 9.93. The summed E-state index contributed by atoms with van der Waals surface area (Å²) in [4.78, 5) is 12.8. The quantitative estimate of drug-likeness (QED) is 0.405. The third kappa shape index (κ3) is 5.76. The van der Waals surface area contributed by atoms with Crippen LogP contribution in [0.25, 0.3) is 0 Å². The van der Waals surface area contributed by atoms with Gasteiger partial charge >= 0.3 is 5.97 Å². The van der Waals surface area contributed by atoms with Crippen molar-refractivity contribution in [2.24, 2.45) is 0 Å². The lowest BCUT2D eigenvalue weighted by Gasteiger charge is -2.31. The number of carbonyl (C=O) groups is 1. The molecule has 1 aliphatic rings. The van der Waals surface area contributed by atoms with Gasteiger partial charge in [-0.1, -0.05) is 31.9 Å². The first kappa shape index (κ1) is 23.3. The largest absolute Gasteiger partial charge is 0.490 e. The molecule has 0 amide bonds. The first-order valence-corrected chi connectivity index (χ1v) is 10.8. The van der Waals surface area contributed by atoms with Crippen LogP contribution in [-0.4, -0.2) is 30.9 Å². The van der Waals surface area contributed by atoms with Crippen molar-refractivity contribution in [2.45, 2.75) is 53.0 Å². The monoisotopic (exact) mass is 440 g/mol. The zero-order chi connectivity index (χ0) is 21.4. The molecule has 1 atom stereocenters. The number of allylic oxidation sites excluding steroid dienone is 1. The fraction of sp³-hybridized carbons (Fsp3) is 0.524. The molecular formula is C21H29ClN2O4S. The van der Waals surface area contributed by atoms with Crippen molar-refractivity contribution >= 4 is 34.9 Å². The van der Waals surface area contributed by atoms with Crippen LogP contribution < -0.4 is 20.1 Å². The molecule has 0 aliphatic carbocycles. The number of hydrogen-bond donors (Lipinski definition) is 2. The highest BCUT2D eigenvalue weighted by Gasteiger charge is 2.33. The Morgan fingerprint density at radius 3 is 2.52 bits per heavy atom. The first-order chi connectivity index (χ1) is 14.0. The smallest absolute Gasteiger partial charge is 0.338 e. The summed E-state index contributed by atoms with van der Waals surface area (Å²) in [7, 11) is 0. The van der Waals surface area contributed by atoms with Crippen LogP contribution in [0, 0.1) is 0 Å². The number of ether oxygens (including phenoxy) is 3. The standard InChI is InChI=1S/C21H29ClN2O4S/c1-5-9-15-17(20(25)27-8-4)18(24-21(29)23-15)13-11-14(22)19(28-10-6-2)16(12-13)26-7-3/h11-12,18H,5-10H2,1-4H3,(H2,23,24,29)/t18-/m1/s1. The first-order valence-electron chi connectivity index (χ1n) is 10.0. The molecule has 8 heteroatoms. The maximum Gasteiger partial charge on any atom is 0.338 e. The topological polar surface area (TPSA) is 68.8 Å². The van der Waals surface area contributed by atoms with E-state index in [1.54, 1.807) is 13.0 Å². The van der Waals surface area contributed by atoms with Crippen LogP contribution >= 0.6 is 23.8 Å². The average molecular weight is 441 g/mol. The fourth-order valence-electron chi connectivity index (χ4n) is 3.13. The predicted molar refractivity (Wildman–Crippen MR) is 119 cm³/mol. The molecule has 1 aromatic carbocycles. The number of esters is 1. The second-order valence-electron chi connectivity index (χ2n) is 6.51. The molecule has 2 rings (SSSR count). The molecule has 0 radical (unpaired) electrons. The third-order valence-corrected chi connectivity index (χ3v) is 4.77. The maximum absolute atomic E-state index is 12.8. The van der Waals surface area contributed by atoms with E-state index in [0.29, 0.717) is 46.8 Å². The van der Waals surface area contributed by atoms with E-state index in [1.807, 2.05) is 26.8 Å². The Hall–Kier alpha value is -1.99. The van der Waals surface area contributed by atoms with Gasteiger partial charge in [0, 0.05) is 5.70 Å². The third-order valence-electron chi connectivity index (χ3n) is 4.26. The molecule has 29 heavy (non-hydrogen) atoms. The molecule has 160 valence electrons. The van der Waals surface area contributed by atoms with Gasteiger partial charge in [-0.3, -0.25) is 0 Å². The molecule has 0 aromatic heterocycles. The van der Waals surface area contributed by atoms with Gasteiger partial charge in [-0.05, 0) is 56.6 Å². The SMILES string of the molecule is CCCOc1c(Cl)cc([C@H]2NC(=S)NC(CCC)=C2C(=O)OCC)cc1OCC. The molecule has 6 nitrogen and oxygen atoms in total. The van der Waals surface area contributed by atoms with Crippen molar-refractivity contribution in [1.29, 1.82) is 0 Å². The lowest BCUT2D eigenvalue weighted by Crippen LogP contribution is -2.45. The highest BCUT2D eigenvalue weighted by Crippen LogP contribution is 2.40. The molecular weight excluding hydrogens is 412 g/mol. The Morgan fingerprint density at radius 2 is 1.90 bits per heavy atom. The van der Waals surface area contributed by atoms with Gasteiger partial charge in [0.05, 0.1) is 36.5 Å². The van der Waals surface area contributed by atoms with E-state index in [-0.39, 0.29) is 12.6 Å². The maximum atomic E-state index is 12.8. The van der Waals surface area contributed by atoms with Gasteiger partial charge in [0.15, 0.2) is 16.6 Å². The van der Waals surface area contributed by atoms with Crippen LogP contribution in [0.1, 0.15) is 58.6 Å². The van der Waals surface area contributed by atoms with Crippen LogP contribution in [0.3, 0.4) is 0 Å². The highest BCUT2D eigenvalue weighted by molar-refractivity contribution is 7.80. The van der Waals surface area contributed by atoms with Gasteiger partial charge < -0.3 is 24.8 Å². The summed E-state index contributed by atoms with van der Waals surface area (Å²) in [5, 5.41) is 7.16. The normalized spacial score (nSPS) is 16.2.